The van der Waals surface area contributed by atoms with Gasteiger partial charge in [0, 0.05) is 23.3 Å². The number of rotatable bonds is 5. The van der Waals surface area contributed by atoms with Crippen LogP contribution < -0.4 is 20.9 Å². The number of hydrogen-bond acceptors (Lipinski definition) is 3. The van der Waals surface area contributed by atoms with Crippen LogP contribution in [0.3, 0.4) is 0 Å². The molecule has 1 aromatic heterocycles. The Hall–Kier alpha value is -2.86. The van der Waals surface area contributed by atoms with Crippen molar-refractivity contribution < 1.29 is 4.74 Å². The molecule has 134 valence electrons. The van der Waals surface area contributed by atoms with Gasteiger partial charge in [0.25, 0.3) is 5.56 Å². The summed E-state index contributed by atoms with van der Waals surface area (Å²) in [5.74, 6) is 0.792. The Morgan fingerprint density at radius 1 is 1.15 bits per heavy atom. The second-order valence-corrected chi connectivity index (χ2v) is 6.48. The Morgan fingerprint density at radius 3 is 2.65 bits per heavy atom. The fourth-order valence-corrected chi connectivity index (χ4v) is 2.93. The minimum absolute atomic E-state index is 0.0565. The Labute approximate surface area is 157 Å². The summed E-state index contributed by atoms with van der Waals surface area (Å²) in [6.07, 6.45) is 0.587. The maximum atomic E-state index is 12.2. The average Bonchev–Trinajstić information content (AvgIpc) is 2.63. The summed E-state index contributed by atoms with van der Waals surface area (Å²) in [4.78, 5) is 15.2. The van der Waals surface area contributed by atoms with Crippen molar-refractivity contribution in [2.24, 2.45) is 0 Å². The molecular formula is C20H21N3O2S. The molecule has 26 heavy (non-hydrogen) atoms. The molecule has 0 radical (unpaired) electrons. The second kappa shape index (κ2) is 8.01. The number of aromatic amines is 1. The van der Waals surface area contributed by atoms with Crippen molar-refractivity contribution in [2.45, 2.75) is 13.3 Å². The molecule has 0 spiro atoms. The van der Waals surface area contributed by atoms with E-state index in [4.69, 9.17) is 17.0 Å². The minimum atomic E-state index is -0.0565. The average molecular weight is 367 g/mol. The molecule has 5 nitrogen and oxygen atoms in total. The van der Waals surface area contributed by atoms with Crippen molar-refractivity contribution in [1.29, 1.82) is 0 Å². The molecule has 3 N–H and O–H groups in total. The minimum Gasteiger partial charge on any atom is -0.497 e. The fourth-order valence-electron chi connectivity index (χ4n) is 2.71. The van der Waals surface area contributed by atoms with E-state index in [9.17, 15) is 4.79 Å². The lowest BCUT2D eigenvalue weighted by atomic mass is 10.1. The number of pyridine rings is 1. The molecule has 0 atom stereocenters. The van der Waals surface area contributed by atoms with Gasteiger partial charge in [0.05, 0.1) is 7.11 Å². The molecule has 0 saturated heterocycles. The normalized spacial score (nSPS) is 10.5. The van der Waals surface area contributed by atoms with E-state index >= 15 is 0 Å². The zero-order chi connectivity index (χ0) is 18.5. The molecule has 6 heteroatoms. The summed E-state index contributed by atoms with van der Waals surface area (Å²) < 4.78 is 5.13. The molecule has 0 amide bonds. The van der Waals surface area contributed by atoms with Crippen LogP contribution in [0.4, 0.5) is 5.69 Å². The van der Waals surface area contributed by atoms with E-state index in [1.54, 1.807) is 7.11 Å². The fraction of sp³-hybridized carbons (Fsp3) is 0.200. The topological polar surface area (TPSA) is 66.2 Å². The van der Waals surface area contributed by atoms with Crippen molar-refractivity contribution >= 4 is 33.9 Å². The maximum absolute atomic E-state index is 12.2. The summed E-state index contributed by atoms with van der Waals surface area (Å²) in [6, 6.07) is 15.5. The van der Waals surface area contributed by atoms with Crippen LogP contribution in [0.1, 0.15) is 11.1 Å². The number of fused-ring (bicyclic) bond motifs is 1. The highest BCUT2D eigenvalue weighted by atomic mass is 32.1. The predicted molar refractivity (Wildman–Crippen MR) is 110 cm³/mol. The van der Waals surface area contributed by atoms with Gasteiger partial charge < -0.3 is 20.4 Å². The molecule has 0 saturated carbocycles. The van der Waals surface area contributed by atoms with Crippen LogP contribution in [0.15, 0.2) is 53.3 Å². The SMILES string of the molecule is COc1ccc(NC(=S)NCCc2cc3ccc(C)cc3[nH]c2=O)cc1. The highest BCUT2D eigenvalue weighted by Gasteiger charge is 2.04. The number of nitrogens with one attached hydrogen (secondary N) is 3. The van der Waals surface area contributed by atoms with Crippen LogP contribution in [-0.4, -0.2) is 23.8 Å². The second-order valence-electron chi connectivity index (χ2n) is 6.07. The van der Waals surface area contributed by atoms with Gasteiger partial charge in [-0.3, -0.25) is 4.79 Å². The molecule has 3 rings (SSSR count). The predicted octanol–water partition coefficient (Wildman–Crippen LogP) is 3.37. The van der Waals surface area contributed by atoms with Crippen LogP contribution in [0.2, 0.25) is 0 Å². The summed E-state index contributed by atoms with van der Waals surface area (Å²) in [7, 11) is 1.63. The zero-order valence-electron chi connectivity index (χ0n) is 14.8. The molecule has 0 unspecified atom stereocenters. The molecule has 1 heterocycles. The molecule has 0 aliphatic carbocycles. The number of anilines is 1. The standard InChI is InChI=1S/C20H21N3O2S/c1-13-3-4-14-12-15(19(24)23-18(14)11-13)9-10-21-20(26)22-16-5-7-17(25-2)8-6-16/h3-8,11-12H,9-10H2,1-2H3,(H,23,24)(H2,21,22,26). The number of benzene rings is 2. The van der Waals surface area contributed by atoms with Crippen molar-refractivity contribution in [3.05, 3.63) is 70.0 Å². The van der Waals surface area contributed by atoms with Gasteiger partial charge in [-0.2, -0.15) is 0 Å². The molecule has 3 aromatic rings. The van der Waals surface area contributed by atoms with Gasteiger partial charge in [0.1, 0.15) is 5.75 Å². The monoisotopic (exact) mass is 367 g/mol. The number of methoxy groups -OCH3 is 1. The van der Waals surface area contributed by atoms with Gasteiger partial charge in [-0.15, -0.1) is 0 Å². The number of thiocarbonyl (C=S) groups is 1. The highest BCUT2D eigenvalue weighted by molar-refractivity contribution is 7.80. The molecule has 0 fully saturated rings. The maximum Gasteiger partial charge on any atom is 0.251 e. The third kappa shape index (κ3) is 4.40. The number of aromatic nitrogens is 1. The molecule has 0 aliphatic rings. The van der Waals surface area contributed by atoms with Crippen molar-refractivity contribution in [3.8, 4) is 5.75 Å². The van der Waals surface area contributed by atoms with Gasteiger partial charge in [-0.25, -0.2) is 0 Å². The largest absolute Gasteiger partial charge is 0.497 e. The number of H-pyrrole nitrogens is 1. The van der Waals surface area contributed by atoms with E-state index in [1.807, 2.05) is 55.5 Å². The first-order valence-corrected chi connectivity index (χ1v) is 8.77. The summed E-state index contributed by atoms with van der Waals surface area (Å²) in [6.45, 7) is 2.58. The Balaban J connectivity index is 1.57. The first-order chi connectivity index (χ1) is 12.5. The first kappa shape index (κ1) is 17.9. The van der Waals surface area contributed by atoms with E-state index in [2.05, 4.69) is 15.6 Å². The number of hydrogen-bond donors (Lipinski definition) is 3. The van der Waals surface area contributed by atoms with Gasteiger partial charge in [-0.1, -0.05) is 12.1 Å². The quantitative estimate of drug-likeness (QED) is 0.604. The van der Waals surface area contributed by atoms with Crippen LogP contribution in [0, 0.1) is 6.92 Å². The Kier molecular flexibility index (Phi) is 5.53. The van der Waals surface area contributed by atoms with Crippen LogP contribution in [0.5, 0.6) is 5.75 Å². The van der Waals surface area contributed by atoms with Gasteiger partial charge >= 0.3 is 0 Å². The summed E-state index contributed by atoms with van der Waals surface area (Å²) in [5, 5.41) is 7.79. The smallest absolute Gasteiger partial charge is 0.251 e. The molecule has 0 aliphatic heterocycles. The first-order valence-electron chi connectivity index (χ1n) is 8.36. The van der Waals surface area contributed by atoms with Crippen molar-refractivity contribution in [1.82, 2.24) is 10.3 Å². The Morgan fingerprint density at radius 2 is 1.92 bits per heavy atom. The van der Waals surface area contributed by atoms with Crippen molar-refractivity contribution in [3.63, 3.8) is 0 Å². The molecular weight excluding hydrogens is 346 g/mol. The summed E-state index contributed by atoms with van der Waals surface area (Å²) >= 11 is 5.30. The lowest BCUT2D eigenvalue weighted by Gasteiger charge is -2.11. The van der Waals surface area contributed by atoms with Crippen LogP contribution in [-0.2, 0) is 6.42 Å². The molecule has 0 bridgehead atoms. The third-order valence-electron chi connectivity index (χ3n) is 4.11. The zero-order valence-corrected chi connectivity index (χ0v) is 15.6. The van der Waals surface area contributed by atoms with E-state index in [1.165, 1.54) is 0 Å². The third-order valence-corrected chi connectivity index (χ3v) is 4.35. The van der Waals surface area contributed by atoms with Gasteiger partial charge in [-0.05, 0) is 72.9 Å². The van der Waals surface area contributed by atoms with E-state index in [-0.39, 0.29) is 5.56 Å². The highest BCUT2D eigenvalue weighted by Crippen LogP contribution is 2.15. The number of ether oxygens (including phenoxy) is 1. The van der Waals surface area contributed by atoms with E-state index in [0.717, 1.165) is 33.5 Å². The van der Waals surface area contributed by atoms with Crippen LogP contribution in [0.25, 0.3) is 10.9 Å². The van der Waals surface area contributed by atoms with E-state index < -0.39 is 0 Å². The van der Waals surface area contributed by atoms with Gasteiger partial charge in [0.15, 0.2) is 5.11 Å². The van der Waals surface area contributed by atoms with Crippen molar-refractivity contribution in [2.75, 3.05) is 19.0 Å². The summed E-state index contributed by atoms with van der Waals surface area (Å²) in [5.41, 5.74) is 3.54. The number of aryl methyl sites for hydroxylation is 1. The lowest BCUT2D eigenvalue weighted by molar-refractivity contribution is 0.415. The lowest BCUT2D eigenvalue weighted by Crippen LogP contribution is -2.31. The Bertz CT molecular complexity index is 981. The van der Waals surface area contributed by atoms with E-state index in [0.29, 0.717) is 18.1 Å². The van der Waals surface area contributed by atoms with Crippen LogP contribution >= 0.6 is 12.2 Å². The van der Waals surface area contributed by atoms with Gasteiger partial charge in [0.2, 0.25) is 0 Å². The molecule has 2 aromatic carbocycles.